The smallest absolute Gasteiger partial charge is 0.213 e. The SMILES string of the molecule is Cl.NCc1ccc(F)cc1-c1ccc(OCc2ccccc2)nc1. The molecule has 5 heteroatoms. The molecule has 0 unspecified atom stereocenters. The zero-order valence-electron chi connectivity index (χ0n) is 13.0. The summed E-state index contributed by atoms with van der Waals surface area (Å²) in [5.74, 6) is 0.241. The maximum Gasteiger partial charge on any atom is 0.213 e. The highest BCUT2D eigenvalue weighted by Crippen LogP contribution is 2.25. The van der Waals surface area contributed by atoms with Crippen LogP contribution in [-0.2, 0) is 13.2 Å². The van der Waals surface area contributed by atoms with Gasteiger partial charge in [-0.25, -0.2) is 9.37 Å². The summed E-state index contributed by atoms with van der Waals surface area (Å²) >= 11 is 0. The number of halogens is 2. The molecule has 2 N–H and O–H groups in total. The van der Waals surface area contributed by atoms with Crippen molar-refractivity contribution in [2.45, 2.75) is 13.2 Å². The van der Waals surface area contributed by atoms with Crippen LogP contribution in [-0.4, -0.2) is 4.98 Å². The Kier molecular flexibility index (Phi) is 6.29. The molecule has 0 aliphatic heterocycles. The highest BCUT2D eigenvalue weighted by atomic mass is 35.5. The molecule has 124 valence electrons. The van der Waals surface area contributed by atoms with Crippen molar-refractivity contribution >= 4 is 12.4 Å². The van der Waals surface area contributed by atoms with E-state index in [2.05, 4.69) is 4.98 Å². The van der Waals surface area contributed by atoms with Gasteiger partial charge in [0.05, 0.1) is 0 Å². The first kappa shape index (κ1) is 17.9. The third-order valence-electron chi connectivity index (χ3n) is 3.57. The average molecular weight is 345 g/mol. The van der Waals surface area contributed by atoms with Crippen molar-refractivity contribution in [2.24, 2.45) is 5.73 Å². The van der Waals surface area contributed by atoms with Gasteiger partial charge in [-0.15, -0.1) is 12.4 Å². The predicted molar refractivity (Wildman–Crippen MR) is 95.5 cm³/mol. The first-order chi connectivity index (χ1) is 11.3. The minimum Gasteiger partial charge on any atom is -0.473 e. The minimum absolute atomic E-state index is 0. The average Bonchev–Trinajstić information content (AvgIpc) is 2.61. The zero-order chi connectivity index (χ0) is 16.1. The van der Waals surface area contributed by atoms with Gasteiger partial charge < -0.3 is 10.5 Å². The van der Waals surface area contributed by atoms with Crippen LogP contribution >= 0.6 is 12.4 Å². The molecule has 0 saturated heterocycles. The largest absolute Gasteiger partial charge is 0.473 e. The normalized spacial score (nSPS) is 10.1. The van der Waals surface area contributed by atoms with Crippen molar-refractivity contribution < 1.29 is 9.13 Å². The van der Waals surface area contributed by atoms with E-state index >= 15 is 0 Å². The van der Waals surface area contributed by atoms with Gasteiger partial charge in [0.2, 0.25) is 5.88 Å². The van der Waals surface area contributed by atoms with Gasteiger partial charge in [-0.1, -0.05) is 36.4 Å². The summed E-state index contributed by atoms with van der Waals surface area (Å²) in [6.07, 6.45) is 1.67. The Morgan fingerprint density at radius 1 is 1.00 bits per heavy atom. The van der Waals surface area contributed by atoms with Crippen LogP contribution in [0.3, 0.4) is 0 Å². The molecule has 0 aliphatic carbocycles. The van der Waals surface area contributed by atoms with Crippen molar-refractivity contribution in [1.82, 2.24) is 4.98 Å². The van der Waals surface area contributed by atoms with Crippen LogP contribution in [0.2, 0.25) is 0 Å². The molecule has 0 radical (unpaired) electrons. The van der Waals surface area contributed by atoms with Crippen molar-refractivity contribution in [3.05, 3.63) is 83.8 Å². The van der Waals surface area contributed by atoms with Crippen molar-refractivity contribution in [2.75, 3.05) is 0 Å². The second-order valence-electron chi connectivity index (χ2n) is 5.16. The van der Waals surface area contributed by atoms with E-state index in [1.54, 1.807) is 18.3 Å². The third-order valence-corrected chi connectivity index (χ3v) is 3.57. The maximum atomic E-state index is 13.5. The quantitative estimate of drug-likeness (QED) is 0.748. The standard InChI is InChI=1S/C19H17FN2O.ClH/c20-17-8-6-15(11-21)18(10-17)16-7-9-19(22-12-16)23-13-14-4-2-1-3-5-14;/h1-10,12H,11,13,21H2;1H. The van der Waals surface area contributed by atoms with Gasteiger partial charge in [0.25, 0.3) is 0 Å². The lowest BCUT2D eigenvalue weighted by Crippen LogP contribution is -2.00. The van der Waals surface area contributed by atoms with Crippen molar-refractivity contribution in [3.63, 3.8) is 0 Å². The van der Waals surface area contributed by atoms with E-state index in [4.69, 9.17) is 10.5 Å². The second-order valence-corrected chi connectivity index (χ2v) is 5.16. The zero-order valence-corrected chi connectivity index (χ0v) is 13.8. The molecular formula is C19H18ClFN2O. The van der Waals surface area contributed by atoms with Crippen LogP contribution in [0.1, 0.15) is 11.1 Å². The highest BCUT2D eigenvalue weighted by Gasteiger charge is 2.07. The Balaban J connectivity index is 0.00000208. The summed E-state index contributed by atoms with van der Waals surface area (Å²) in [5.41, 5.74) is 9.25. The van der Waals surface area contributed by atoms with Gasteiger partial charge >= 0.3 is 0 Å². The van der Waals surface area contributed by atoms with E-state index < -0.39 is 0 Å². The topological polar surface area (TPSA) is 48.1 Å². The molecule has 0 spiro atoms. The van der Waals surface area contributed by atoms with Crippen molar-refractivity contribution in [1.29, 1.82) is 0 Å². The summed E-state index contributed by atoms with van der Waals surface area (Å²) in [6, 6.07) is 18.1. The summed E-state index contributed by atoms with van der Waals surface area (Å²) < 4.78 is 19.1. The van der Waals surface area contributed by atoms with Crippen molar-refractivity contribution in [3.8, 4) is 17.0 Å². The van der Waals surface area contributed by atoms with Gasteiger partial charge in [0, 0.05) is 24.4 Å². The van der Waals surface area contributed by atoms with E-state index in [0.29, 0.717) is 19.0 Å². The number of hydrogen-bond donors (Lipinski definition) is 1. The van der Waals surface area contributed by atoms with E-state index in [1.165, 1.54) is 12.1 Å². The fourth-order valence-electron chi connectivity index (χ4n) is 2.35. The van der Waals surface area contributed by atoms with Gasteiger partial charge in [-0.05, 0) is 34.9 Å². The summed E-state index contributed by atoms with van der Waals surface area (Å²) in [5, 5.41) is 0. The monoisotopic (exact) mass is 344 g/mol. The van der Waals surface area contributed by atoms with Gasteiger partial charge in [-0.3, -0.25) is 0 Å². The summed E-state index contributed by atoms with van der Waals surface area (Å²) in [6.45, 7) is 0.809. The highest BCUT2D eigenvalue weighted by molar-refractivity contribution is 5.85. The van der Waals surface area contributed by atoms with E-state index in [0.717, 1.165) is 22.3 Å². The second kappa shape index (κ2) is 8.43. The fraction of sp³-hybridized carbons (Fsp3) is 0.105. The number of benzene rings is 2. The van der Waals surface area contributed by atoms with E-state index in [9.17, 15) is 4.39 Å². The molecule has 2 aromatic carbocycles. The number of nitrogens with two attached hydrogens (primary N) is 1. The number of nitrogens with zero attached hydrogens (tertiary/aromatic N) is 1. The van der Waals surface area contributed by atoms with Gasteiger partial charge in [0.1, 0.15) is 12.4 Å². The van der Waals surface area contributed by atoms with Crippen LogP contribution in [0.5, 0.6) is 5.88 Å². The molecule has 3 aromatic rings. The molecule has 0 fully saturated rings. The number of ether oxygens (including phenoxy) is 1. The summed E-state index contributed by atoms with van der Waals surface area (Å²) in [4.78, 5) is 4.29. The molecule has 0 aliphatic rings. The van der Waals surface area contributed by atoms with Gasteiger partial charge in [0.15, 0.2) is 0 Å². The first-order valence-electron chi connectivity index (χ1n) is 7.38. The molecule has 0 atom stereocenters. The Bertz CT molecular complexity index is 779. The molecule has 1 heterocycles. The molecular weight excluding hydrogens is 327 g/mol. The van der Waals surface area contributed by atoms with E-state index in [1.807, 2.05) is 36.4 Å². The van der Waals surface area contributed by atoms with Crippen LogP contribution in [0, 0.1) is 5.82 Å². The van der Waals surface area contributed by atoms with Gasteiger partial charge in [-0.2, -0.15) is 0 Å². The van der Waals surface area contributed by atoms with Crippen LogP contribution < -0.4 is 10.5 Å². The Morgan fingerprint density at radius 2 is 1.79 bits per heavy atom. The Hall–Kier alpha value is -2.43. The molecule has 0 bridgehead atoms. The lowest BCUT2D eigenvalue weighted by molar-refractivity contribution is 0.294. The molecule has 3 rings (SSSR count). The predicted octanol–water partition coefficient (Wildman–Crippen LogP) is 4.35. The number of aromatic nitrogens is 1. The lowest BCUT2D eigenvalue weighted by Gasteiger charge is -2.09. The number of rotatable bonds is 5. The van der Waals surface area contributed by atoms with Crippen LogP contribution in [0.4, 0.5) is 4.39 Å². The molecule has 3 nitrogen and oxygen atoms in total. The third kappa shape index (κ3) is 4.31. The molecule has 24 heavy (non-hydrogen) atoms. The van der Waals surface area contributed by atoms with Crippen LogP contribution in [0.15, 0.2) is 66.9 Å². The van der Waals surface area contributed by atoms with E-state index in [-0.39, 0.29) is 18.2 Å². The lowest BCUT2D eigenvalue weighted by atomic mass is 10.0. The number of pyridine rings is 1. The minimum atomic E-state index is -0.290. The van der Waals surface area contributed by atoms with Crippen LogP contribution in [0.25, 0.3) is 11.1 Å². The first-order valence-corrected chi connectivity index (χ1v) is 7.38. The number of hydrogen-bond acceptors (Lipinski definition) is 3. The maximum absolute atomic E-state index is 13.5. The molecule has 0 saturated carbocycles. The molecule has 0 amide bonds. The Morgan fingerprint density at radius 3 is 2.46 bits per heavy atom. The summed E-state index contributed by atoms with van der Waals surface area (Å²) in [7, 11) is 0. The fourth-order valence-corrected chi connectivity index (χ4v) is 2.35. The molecule has 1 aromatic heterocycles. The Labute approximate surface area is 146 Å².